The second-order valence-electron chi connectivity index (χ2n) is 7.71. The lowest BCUT2D eigenvalue weighted by atomic mass is 9.95. The van der Waals surface area contributed by atoms with Gasteiger partial charge in [0.1, 0.15) is 11.2 Å². The highest BCUT2D eigenvalue weighted by molar-refractivity contribution is 5.67. The molecule has 0 spiro atoms. The van der Waals surface area contributed by atoms with Crippen LogP contribution in [0.4, 0.5) is 4.79 Å². The van der Waals surface area contributed by atoms with Gasteiger partial charge in [-0.2, -0.15) is 0 Å². The van der Waals surface area contributed by atoms with Crippen LogP contribution < -0.4 is 10.6 Å². The summed E-state index contributed by atoms with van der Waals surface area (Å²) in [6.07, 6.45) is 0.555. The first kappa shape index (κ1) is 20.2. The SMILES string of the molecule is COC1(CNCC(CNC(=O)OC(C)(C)C)C(C)C)CCOC1. The van der Waals surface area contributed by atoms with Gasteiger partial charge in [-0.1, -0.05) is 13.8 Å². The Labute approximate surface area is 140 Å². The second-order valence-corrected chi connectivity index (χ2v) is 7.71. The highest BCUT2D eigenvalue weighted by Crippen LogP contribution is 2.21. The molecule has 0 aliphatic carbocycles. The topological polar surface area (TPSA) is 68.8 Å². The van der Waals surface area contributed by atoms with Gasteiger partial charge in [0, 0.05) is 39.8 Å². The van der Waals surface area contributed by atoms with Crippen LogP contribution in [0, 0.1) is 11.8 Å². The van der Waals surface area contributed by atoms with Gasteiger partial charge in [0.05, 0.1) is 6.61 Å². The van der Waals surface area contributed by atoms with E-state index in [4.69, 9.17) is 14.2 Å². The molecule has 0 aromatic carbocycles. The van der Waals surface area contributed by atoms with Gasteiger partial charge in [0.25, 0.3) is 0 Å². The largest absolute Gasteiger partial charge is 0.444 e. The number of carbonyl (C=O) groups excluding carboxylic acids is 1. The lowest BCUT2D eigenvalue weighted by Crippen LogP contribution is -2.46. The maximum Gasteiger partial charge on any atom is 0.407 e. The van der Waals surface area contributed by atoms with E-state index in [1.165, 1.54) is 0 Å². The fourth-order valence-corrected chi connectivity index (χ4v) is 2.52. The van der Waals surface area contributed by atoms with Gasteiger partial charge >= 0.3 is 6.09 Å². The molecule has 2 atom stereocenters. The van der Waals surface area contributed by atoms with Crippen LogP contribution >= 0.6 is 0 Å². The lowest BCUT2D eigenvalue weighted by Gasteiger charge is -2.29. The lowest BCUT2D eigenvalue weighted by molar-refractivity contribution is -0.0164. The molecule has 1 rings (SSSR count). The van der Waals surface area contributed by atoms with E-state index in [0.29, 0.717) is 25.0 Å². The van der Waals surface area contributed by atoms with E-state index in [1.54, 1.807) is 7.11 Å². The Morgan fingerprint density at radius 3 is 2.48 bits per heavy atom. The third-order valence-electron chi connectivity index (χ3n) is 4.20. The van der Waals surface area contributed by atoms with Gasteiger partial charge in [-0.15, -0.1) is 0 Å². The van der Waals surface area contributed by atoms with Crippen molar-refractivity contribution in [2.75, 3.05) is 40.0 Å². The summed E-state index contributed by atoms with van der Waals surface area (Å²) in [6, 6.07) is 0. The van der Waals surface area contributed by atoms with Crippen LogP contribution in [-0.4, -0.2) is 57.3 Å². The fourth-order valence-electron chi connectivity index (χ4n) is 2.52. The van der Waals surface area contributed by atoms with Crippen molar-refractivity contribution in [1.82, 2.24) is 10.6 Å². The molecule has 6 nitrogen and oxygen atoms in total. The van der Waals surface area contributed by atoms with Crippen molar-refractivity contribution in [2.45, 2.75) is 52.2 Å². The molecule has 1 aliphatic rings. The highest BCUT2D eigenvalue weighted by atomic mass is 16.6. The summed E-state index contributed by atoms with van der Waals surface area (Å²) >= 11 is 0. The number of rotatable bonds is 8. The van der Waals surface area contributed by atoms with Gasteiger partial charge in [-0.3, -0.25) is 0 Å². The summed E-state index contributed by atoms with van der Waals surface area (Å²) in [7, 11) is 1.74. The van der Waals surface area contributed by atoms with Crippen molar-refractivity contribution in [3.8, 4) is 0 Å². The first-order valence-corrected chi connectivity index (χ1v) is 8.48. The molecule has 1 saturated heterocycles. The molecule has 1 heterocycles. The molecule has 0 radical (unpaired) electrons. The van der Waals surface area contributed by atoms with Crippen molar-refractivity contribution in [3.05, 3.63) is 0 Å². The Balaban J connectivity index is 2.36. The standard InChI is InChI=1S/C17H34N2O4/c1-13(2)14(10-19-15(20)23-16(3,4)5)9-18-11-17(21-6)7-8-22-12-17/h13-14,18H,7-12H2,1-6H3,(H,19,20). The van der Waals surface area contributed by atoms with Crippen molar-refractivity contribution in [3.63, 3.8) is 0 Å². The number of hydrogen-bond acceptors (Lipinski definition) is 5. The zero-order valence-electron chi connectivity index (χ0n) is 15.5. The summed E-state index contributed by atoms with van der Waals surface area (Å²) in [5.41, 5.74) is -0.677. The van der Waals surface area contributed by atoms with E-state index in [-0.39, 0.29) is 11.7 Å². The van der Waals surface area contributed by atoms with E-state index in [2.05, 4.69) is 24.5 Å². The van der Waals surface area contributed by atoms with E-state index in [0.717, 1.165) is 26.1 Å². The minimum Gasteiger partial charge on any atom is -0.444 e. The Hall–Kier alpha value is -0.850. The molecule has 1 fully saturated rings. The van der Waals surface area contributed by atoms with Crippen molar-refractivity contribution in [2.24, 2.45) is 11.8 Å². The van der Waals surface area contributed by atoms with E-state index in [9.17, 15) is 4.79 Å². The van der Waals surface area contributed by atoms with E-state index < -0.39 is 5.60 Å². The summed E-state index contributed by atoms with van der Waals surface area (Å²) in [6.45, 7) is 13.5. The first-order chi connectivity index (χ1) is 10.7. The molecule has 2 unspecified atom stereocenters. The molecule has 1 amide bonds. The number of alkyl carbamates (subject to hydrolysis) is 1. The van der Waals surface area contributed by atoms with Crippen LogP contribution in [0.1, 0.15) is 41.0 Å². The van der Waals surface area contributed by atoms with Crippen molar-refractivity contribution < 1.29 is 19.0 Å². The van der Waals surface area contributed by atoms with Crippen LogP contribution in [0.2, 0.25) is 0 Å². The van der Waals surface area contributed by atoms with Gasteiger partial charge < -0.3 is 24.8 Å². The van der Waals surface area contributed by atoms with Crippen LogP contribution in [-0.2, 0) is 14.2 Å². The summed E-state index contributed by atoms with van der Waals surface area (Å²) in [5, 5.41) is 6.34. The second kappa shape index (κ2) is 8.85. The third kappa shape index (κ3) is 7.50. The van der Waals surface area contributed by atoms with Gasteiger partial charge in [0.15, 0.2) is 0 Å². The zero-order valence-corrected chi connectivity index (χ0v) is 15.5. The number of methoxy groups -OCH3 is 1. The van der Waals surface area contributed by atoms with Crippen molar-refractivity contribution in [1.29, 1.82) is 0 Å². The molecule has 1 aliphatic heterocycles. The Kier molecular flexibility index (Phi) is 7.77. The molecule has 0 saturated carbocycles. The van der Waals surface area contributed by atoms with Crippen LogP contribution in [0.25, 0.3) is 0 Å². The normalized spacial score (nSPS) is 23.1. The number of nitrogens with one attached hydrogen (secondary N) is 2. The van der Waals surface area contributed by atoms with Crippen LogP contribution in [0.5, 0.6) is 0 Å². The summed E-state index contributed by atoms with van der Waals surface area (Å²) < 4.78 is 16.3. The number of ether oxygens (including phenoxy) is 3. The molecule has 136 valence electrons. The highest BCUT2D eigenvalue weighted by Gasteiger charge is 2.34. The molecule has 23 heavy (non-hydrogen) atoms. The predicted octanol–water partition coefficient (Wildman–Crippen LogP) is 2.18. The molecule has 0 aromatic heterocycles. The Bertz CT molecular complexity index is 360. The Morgan fingerprint density at radius 1 is 1.30 bits per heavy atom. The van der Waals surface area contributed by atoms with Gasteiger partial charge in [0.2, 0.25) is 0 Å². The van der Waals surface area contributed by atoms with E-state index >= 15 is 0 Å². The van der Waals surface area contributed by atoms with Crippen LogP contribution in [0.3, 0.4) is 0 Å². The number of hydrogen-bond donors (Lipinski definition) is 2. The molecule has 0 aromatic rings. The average molecular weight is 330 g/mol. The van der Waals surface area contributed by atoms with Gasteiger partial charge in [-0.25, -0.2) is 4.79 Å². The third-order valence-corrected chi connectivity index (χ3v) is 4.20. The van der Waals surface area contributed by atoms with Crippen LogP contribution in [0.15, 0.2) is 0 Å². The Morgan fingerprint density at radius 2 is 2.00 bits per heavy atom. The first-order valence-electron chi connectivity index (χ1n) is 8.48. The average Bonchev–Trinajstić information content (AvgIpc) is 2.89. The monoisotopic (exact) mass is 330 g/mol. The predicted molar refractivity (Wildman–Crippen MR) is 90.6 cm³/mol. The van der Waals surface area contributed by atoms with Gasteiger partial charge in [-0.05, 0) is 32.6 Å². The molecular formula is C17H34N2O4. The maximum atomic E-state index is 11.8. The minimum absolute atomic E-state index is 0.208. The molecule has 6 heteroatoms. The molecule has 0 bridgehead atoms. The van der Waals surface area contributed by atoms with E-state index in [1.807, 2.05) is 20.8 Å². The summed E-state index contributed by atoms with van der Waals surface area (Å²) in [4.78, 5) is 11.8. The number of amides is 1. The summed E-state index contributed by atoms with van der Waals surface area (Å²) in [5.74, 6) is 0.787. The zero-order chi connectivity index (χ0) is 17.5. The minimum atomic E-state index is -0.469. The number of carbonyl (C=O) groups is 1. The fraction of sp³-hybridized carbons (Fsp3) is 0.941. The molecular weight excluding hydrogens is 296 g/mol. The quantitative estimate of drug-likeness (QED) is 0.714. The van der Waals surface area contributed by atoms with Crippen molar-refractivity contribution >= 4 is 6.09 Å². The smallest absolute Gasteiger partial charge is 0.407 e. The molecule has 2 N–H and O–H groups in total. The maximum absolute atomic E-state index is 11.8.